The highest BCUT2D eigenvalue weighted by molar-refractivity contribution is 5.82. The highest BCUT2D eigenvalue weighted by Crippen LogP contribution is 2.14. The van der Waals surface area contributed by atoms with Crippen molar-refractivity contribution in [3.8, 4) is 0 Å². The number of amides is 1. The van der Waals surface area contributed by atoms with Crippen LogP contribution in [0.2, 0.25) is 0 Å². The van der Waals surface area contributed by atoms with Crippen molar-refractivity contribution in [2.45, 2.75) is 52.1 Å². The third-order valence-corrected chi connectivity index (χ3v) is 2.99. The highest BCUT2D eigenvalue weighted by atomic mass is 16.2. The summed E-state index contributed by atoms with van der Waals surface area (Å²) in [5, 5.41) is 3.37. The van der Waals surface area contributed by atoms with Gasteiger partial charge in [0.1, 0.15) is 0 Å². The molecular formula is C11H22N2O. The Morgan fingerprint density at radius 3 is 2.50 bits per heavy atom. The molecule has 1 amide bonds. The Labute approximate surface area is 86.9 Å². The molecular weight excluding hydrogens is 176 g/mol. The minimum Gasteiger partial charge on any atom is -0.342 e. The molecule has 0 radical (unpaired) electrons. The van der Waals surface area contributed by atoms with Crippen LogP contribution >= 0.6 is 0 Å². The zero-order valence-corrected chi connectivity index (χ0v) is 9.55. The molecule has 14 heavy (non-hydrogen) atoms. The zero-order valence-electron chi connectivity index (χ0n) is 9.55. The Kier molecular flexibility index (Phi) is 4.39. The SMILES string of the molecule is CCN(CC)C(=O)C1CCCC(C)N1. The lowest BCUT2D eigenvalue weighted by atomic mass is 9.99. The van der Waals surface area contributed by atoms with E-state index < -0.39 is 0 Å². The van der Waals surface area contributed by atoms with Gasteiger partial charge in [0.05, 0.1) is 6.04 Å². The second kappa shape index (κ2) is 5.35. The summed E-state index contributed by atoms with van der Waals surface area (Å²) in [4.78, 5) is 13.9. The maximum absolute atomic E-state index is 12.0. The fraction of sp³-hybridized carbons (Fsp3) is 0.909. The van der Waals surface area contributed by atoms with E-state index in [2.05, 4.69) is 12.2 Å². The van der Waals surface area contributed by atoms with Gasteiger partial charge >= 0.3 is 0 Å². The Balaban J connectivity index is 2.50. The van der Waals surface area contributed by atoms with Gasteiger partial charge in [-0.2, -0.15) is 0 Å². The lowest BCUT2D eigenvalue weighted by molar-refractivity contribution is -0.133. The maximum Gasteiger partial charge on any atom is 0.239 e. The van der Waals surface area contributed by atoms with Crippen LogP contribution in [0.3, 0.4) is 0 Å². The number of carbonyl (C=O) groups is 1. The topological polar surface area (TPSA) is 32.3 Å². The third kappa shape index (κ3) is 2.71. The predicted molar refractivity (Wildman–Crippen MR) is 58.2 cm³/mol. The van der Waals surface area contributed by atoms with Crippen LogP contribution < -0.4 is 5.32 Å². The van der Waals surface area contributed by atoms with Crippen LogP contribution in [0.4, 0.5) is 0 Å². The van der Waals surface area contributed by atoms with Crippen molar-refractivity contribution >= 4 is 5.91 Å². The van der Waals surface area contributed by atoms with E-state index in [1.807, 2.05) is 18.7 Å². The fourth-order valence-electron chi connectivity index (χ4n) is 2.09. The molecule has 1 saturated heterocycles. The molecule has 1 rings (SSSR count). The smallest absolute Gasteiger partial charge is 0.239 e. The Morgan fingerprint density at radius 2 is 2.00 bits per heavy atom. The Morgan fingerprint density at radius 1 is 1.36 bits per heavy atom. The Hall–Kier alpha value is -0.570. The van der Waals surface area contributed by atoms with Gasteiger partial charge in [-0.1, -0.05) is 0 Å². The number of likely N-dealkylation sites (N-methyl/N-ethyl adjacent to an activating group) is 1. The second-order valence-corrected chi connectivity index (χ2v) is 4.06. The molecule has 3 heteroatoms. The Bertz CT molecular complexity index is 190. The van der Waals surface area contributed by atoms with E-state index in [1.54, 1.807) is 0 Å². The first-order chi connectivity index (χ1) is 6.69. The van der Waals surface area contributed by atoms with Gasteiger partial charge in [0, 0.05) is 19.1 Å². The molecule has 3 nitrogen and oxygen atoms in total. The summed E-state index contributed by atoms with van der Waals surface area (Å²) in [5.74, 6) is 0.279. The van der Waals surface area contributed by atoms with Crippen molar-refractivity contribution < 1.29 is 4.79 Å². The monoisotopic (exact) mass is 198 g/mol. The van der Waals surface area contributed by atoms with E-state index in [-0.39, 0.29) is 11.9 Å². The summed E-state index contributed by atoms with van der Waals surface area (Å²) in [6.45, 7) is 7.87. The van der Waals surface area contributed by atoms with Crippen LogP contribution in [0, 0.1) is 0 Å². The van der Waals surface area contributed by atoms with E-state index in [1.165, 1.54) is 12.8 Å². The van der Waals surface area contributed by atoms with Crippen molar-refractivity contribution in [3.05, 3.63) is 0 Å². The quantitative estimate of drug-likeness (QED) is 0.743. The van der Waals surface area contributed by atoms with Gasteiger partial charge in [-0.3, -0.25) is 4.79 Å². The van der Waals surface area contributed by atoms with E-state index >= 15 is 0 Å². The number of piperidine rings is 1. The number of hydrogen-bond acceptors (Lipinski definition) is 2. The van der Waals surface area contributed by atoms with Crippen LogP contribution in [0.25, 0.3) is 0 Å². The van der Waals surface area contributed by atoms with Gasteiger partial charge in [-0.15, -0.1) is 0 Å². The largest absolute Gasteiger partial charge is 0.342 e. The second-order valence-electron chi connectivity index (χ2n) is 4.06. The van der Waals surface area contributed by atoms with Crippen molar-refractivity contribution in [3.63, 3.8) is 0 Å². The van der Waals surface area contributed by atoms with E-state index in [0.717, 1.165) is 19.5 Å². The molecule has 0 spiro atoms. The highest BCUT2D eigenvalue weighted by Gasteiger charge is 2.26. The molecule has 1 aliphatic rings. The molecule has 0 aliphatic carbocycles. The van der Waals surface area contributed by atoms with Gasteiger partial charge in [-0.25, -0.2) is 0 Å². The third-order valence-electron chi connectivity index (χ3n) is 2.99. The molecule has 1 heterocycles. The summed E-state index contributed by atoms with van der Waals surface area (Å²) in [5.41, 5.74) is 0. The molecule has 1 aliphatic heterocycles. The standard InChI is InChI=1S/C11H22N2O/c1-4-13(5-2)11(14)10-8-6-7-9(3)12-10/h9-10,12H,4-8H2,1-3H3. The minimum absolute atomic E-state index is 0.0682. The van der Waals surface area contributed by atoms with E-state index in [4.69, 9.17) is 0 Å². The van der Waals surface area contributed by atoms with Gasteiger partial charge in [-0.05, 0) is 40.0 Å². The van der Waals surface area contributed by atoms with Crippen molar-refractivity contribution in [1.29, 1.82) is 0 Å². The summed E-state index contributed by atoms with van der Waals surface area (Å²) in [6.07, 6.45) is 3.37. The number of nitrogens with zero attached hydrogens (tertiary/aromatic N) is 1. The first kappa shape index (κ1) is 11.5. The first-order valence-electron chi connectivity index (χ1n) is 5.73. The lowest BCUT2D eigenvalue weighted by Gasteiger charge is -2.31. The van der Waals surface area contributed by atoms with Gasteiger partial charge in [0.2, 0.25) is 5.91 Å². The summed E-state index contributed by atoms with van der Waals surface area (Å²) in [6, 6.07) is 0.562. The van der Waals surface area contributed by atoms with Gasteiger partial charge in [0.25, 0.3) is 0 Å². The molecule has 2 unspecified atom stereocenters. The van der Waals surface area contributed by atoms with Crippen molar-refractivity contribution in [2.75, 3.05) is 13.1 Å². The molecule has 0 aromatic rings. The molecule has 1 N–H and O–H groups in total. The van der Waals surface area contributed by atoms with Crippen LogP contribution in [-0.4, -0.2) is 36.0 Å². The number of carbonyl (C=O) groups excluding carboxylic acids is 1. The van der Waals surface area contributed by atoms with E-state index in [9.17, 15) is 4.79 Å². The molecule has 2 atom stereocenters. The number of rotatable bonds is 3. The van der Waals surface area contributed by atoms with Gasteiger partial charge < -0.3 is 10.2 Å². The molecule has 82 valence electrons. The molecule has 0 aromatic carbocycles. The van der Waals surface area contributed by atoms with Crippen molar-refractivity contribution in [1.82, 2.24) is 10.2 Å². The average molecular weight is 198 g/mol. The first-order valence-corrected chi connectivity index (χ1v) is 5.73. The van der Waals surface area contributed by atoms with Crippen LogP contribution in [-0.2, 0) is 4.79 Å². The molecule has 0 aromatic heterocycles. The maximum atomic E-state index is 12.0. The molecule has 1 fully saturated rings. The van der Waals surface area contributed by atoms with Crippen LogP contribution in [0.5, 0.6) is 0 Å². The zero-order chi connectivity index (χ0) is 10.6. The minimum atomic E-state index is 0.0682. The number of hydrogen-bond donors (Lipinski definition) is 1. The summed E-state index contributed by atoms with van der Waals surface area (Å²) < 4.78 is 0. The predicted octanol–water partition coefficient (Wildman–Crippen LogP) is 1.39. The summed E-state index contributed by atoms with van der Waals surface area (Å²) in [7, 11) is 0. The molecule has 0 saturated carbocycles. The molecule has 0 bridgehead atoms. The number of nitrogens with one attached hydrogen (secondary N) is 1. The van der Waals surface area contributed by atoms with Crippen LogP contribution in [0.1, 0.15) is 40.0 Å². The van der Waals surface area contributed by atoms with Crippen LogP contribution in [0.15, 0.2) is 0 Å². The van der Waals surface area contributed by atoms with E-state index in [0.29, 0.717) is 6.04 Å². The average Bonchev–Trinajstić information content (AvgIpc) is 2.19. The van der Waals surface area contributed by atoms with Gasteiger partial charge in [0.15, 0.2) is 0 Å². The fourth-order valence-corrected chi connectivity index (χ4v) is 2.09. The normalized spacial score (nSPS) is 27.4. The van der Waals surface area contributed by atoms with Crippen molar-refractivity contribution in [2.24, 2.45) is 0 Å². The summed E-state index contributed by atoms with van der Waals surface area (Å²) >= 11 is 0. The lowest BCUT2D eigenvalue weighted by Crippen LogP contribution is -2.51.